The van der Waals surface area contributed by atoms with Crippen LogP contribution in [0.25, 0.3) is 0 Å². The summed E-state index contributed by atoms with van der Waals surface area (Å²) in [5.74, 6) is 0. The van der Waals surface area contributed by atoms with E-state index in [2.05, 4.69) is 15.9 Å². The second-order valence-electron chi connectivity index (χ2n) is 4.26. The molecule has 0 saturated carbocycles. The Bertz CT molecular complexity index is 364. The van der Waals surface area contributed by atoms with Gasteiger partial charge in [-0.15, -0.1) is 0 Å². The third kappa shape index (κ3) is 3.74. The molecular formula is C12H16BrClO2. The second kappa shape index (κ2) is 5.50. The second-order valence-corrected chi connectivity index (χ2v) is 5.58. The molecule has 1 rings (SSSR count). The highest BCUT2D eigenvalue weighted by molar-refractivity contribution is 9.10. The van der Waals surface area contributed by atoms with Crippen LogP contribution in [0.4, 0.5) is 0 Å². The molecule has 1 unspecified atom stereocenters. The van der Waals surface area contributed by atoms with E-state index in [1.165, 1.54) is 0 Å². The molecule has 1 aromatic carbocycles. The molecule has 0 heterocycles. The van der Waals surface area contributed by atoms with Gasteiger partial charge in [-0.3, -0.25) is 0 Å². The lowest BCUT2D eigenvalue weighted by Gasteiger charge is -2.26. The molecule has 16 heavy (non-hydrogen) atoms. The maximum Gasteiger partial charge on any atom is 0.111 e. The van der Waals surface area contributed by atoms with Gasteiger partial charge in [-0.25, -0.2) is 0 Å². The van der Waals surface area contributed by atoms with Crippen LogP contribution < -0.4 is 0 Å². The van der Waals surface area contributed by atoms with Crippen molar-refractivity contribution in [3.8, 4) is 0 Å². The summed E-state index contributed by atoms with van der Waals surface area (Å²) in [6, 6.07) is 5.42. The van der Waals surface area contributed by atoms with Crippen LogP contribution >= 0.6 is 27.5 Å². The summed E-state index contributed by atoms with van der Waals surface area (Å²) >= 11 is 9.41. The summed E-state index contributed by atoms with van der Waals surface area (Å²) < 4.78 is 6.32. The standard InChI is InChI=1S/C12H16BrClO2/c1-8(2)16-7-12(3,15)10-5-4-9(13)6-11(10)14/h4-6,8,15H,7H2,1-3H3. The van der Waals surface area contributed by atoms with Crippen LogP contribution in [0.15, 0.2) is 22.7 Å². The van der Waals surface area contributed by atoms with Crippen molar-refractivity contribution < 1.29 is 9.84 Å². The number of hydrogen-bond acceptors (Lipinski definition) is 2. The van der Waals surface area contributed by atoms with E-state index in [-0.39, 0.29) is 12.7 Å². The molecule has 0 aliphatic heterocycles. The minimum Gasteiger partial charge on any atom is -0.383 e. The Morgan fingerprint density at radius 1 is 1.50 bits per heavy atom. The van der Waals surface area contributed by atoms with Crippen LogP contribution in [0, 0.1) is 0 Å². The van der Waals surface area contributed by atoms with Crippen LogP contribution in [0.3, 0.4) is 0 Å². The molecular weight excluding hydrogens is 291 g/mol. The summed E-state index contributed by atoms with van der Waals surface area (Å²) in [6.07, 6.45) is 0.0840. The molecule has 90 valence electrons. The highest BCUT2D eigenvalue weighted by atomic mass is 79.9. The molecule has 0 radical (unpaired) electrons. The fourth-order valence-electron chi connectivity index (χ4n) is 1.33. The monoisotopic (exact) mass is 306 g/mol. The average Bonchev–Trinajstić information content (AvgIpc) is 2.14. The molecule has 0 aliphatic rings. The lowest BCUT2D eigenvalue weighted by molar-refractivity contribution is -0.0574. The lowest BCUT2D eigenvalue weighted by atomic mass is 9.97. The third-order valence-corrected chi connectivity index (χ3v) is 3.02. The van der Waals surface area contributed by atoms with Crippen LogP contribution in [0.5, 0.6) is 0 Å². The van der Waals surface area contributed by atoms with Gasteiger partial charge in [-0.2, -0.15) is 0 Å². The summed E-state index contributed by atoms with van der Waals surface area (Å²) in [5, 5.41) is 10.8. The highest BCUT2D eigenvalue weighted by Gasteiger charge is 2.26. The Kier molecular flexibility index (Phi) is 4.80. The number of aliphatic hydroxyl groups is 1. The average molecular weight is 308 g/mol. The largest absolute Gasteiger partial charge is 0.383 e. The molecule has 1 N–H and O–H groups in total. The summed E-state index contributed by atoms with van der Waals surface area (Å²) in [4.78, 5) is 0. The molecule has 0 amide bonds. The summed E-state index contributed by atoms with van der Waals surface area (Å²) in [5.41, 5.74) is -0.389. The maximum atomic E-state index is 10.3. The smallest absolute Gasteiger partial charge is 0.111 e. The van der Waals surface area contributed by atoms with Crippen molar-refractivity contribution in [1.82, 2.24) is 0 Å². The van der Waals surface area contributed by atoms with Crippen molar-refractivity contribution >= 4 is 27.5 Å². The predicted molar refractivity (Wildman–Crippen MR) is 69.8 cm³/mol. The van der Waals surface area contributed by atoms with Gasteiger partial charge in [0.2, 0.25) is 0 Å². The van der Waals surface area contributed by atoms with E-state index < -0.39 is 5.60 Å². The highest BCUT2D eigenvalue weighted by Crippen LogP contribution is 2.30. The number of rotatable bonds is 4. The molecule has 2 nitrogen and oxygen atoms in total. The molecule has 0 aliphatic carbocycles. The Morgan fingerprint density at radius 3 is 2.62 bits per heavy atom. The van der Waals surface area contributed by atoms with Crippen molar-refractivity contribution in [2.24, 2.45) is 0 Å². The van der Waals surface area contributed by atoms with Crippen molar-refractivity contribution in [2.75, 3.05) is 6.61 Å². The Labute approximate surface area is 110 Å². The van der Waals surface area contributed by atoms with Gasteiger partial charge >= 0.3 is 0 Å². The normalized spacial score (nSPS) is 15.2. The van der Waals surface area contributed by atoms with Gasteiger partial charge in [-0.05, 0) is 32.9 Å². The minimum absolute atomic E-state index is 0.0840. The van der Waals surface area contributed by atoms with Crippen molar-refractivity contribution in [3.63, 3.8) is 0 Å². The summed E-state index contributed by atoms with van der Waals surface area (Å²) in [6.45, 7) is 5.79. The van der Waals surface area contributed by atoms with Gasteiger partial charge in [-0.1, -0.05) is 33.6 Å². The van der Waals surface area contributed by atoms with Crippen molar-refractivity contribution in [2.45, 2.75) is 32.5 Å². The quantitative estimate of drug-likeness (QED) is 0.918. The van der Waals surface area contributed by atoms with E-state index in [1.807, 2.05) is 19.9 Å². The van der Waals surface area contributed by atoms with Gasteiger partial charge in [0.25, 0.3) is 0 Å². The third-order valence-electron chi connectivity index (χ3n) is 2.21. The van der Waals surface area contributed by atoms with E-state index in [4.69, 9.17) is 16.3 Å². The fraction of sp³-hybridized carbons (Fsp3) is 0.500. The van der Waals surface area contributed by atoms with Crippen LogP contribution in [0.1, 0.15) is 26.3 Å². The van der Waals surface area contributed by atoms with Crippen molar-refractivity contribution in [3.05, 3.63) is 33.3 Å². The van der Waals surface area contributed by atoms with Gasteiger partial charge in [0.05, 0.1) is 12.7 Å². The van der Waals surface area contributed by atoms with E-state index in [0.717, 1.165) is 4.47 Å². The first kappa shape index (κ1) is 14.0. The van der Waals surface area contributed by atoms with Gasteiger partial charge < -0.3 is 9.84 Å². The number of halogens is 2. The molecule has 0 spiro atoms. The van der Waals surface area contributed by atoms with E-state index in [0.29, 0.717) is 10.6 Å². The molecule has 0 fully saturated rings. The van der Waals surface area contributed by atoms with E-state index >= 15 is 0 Å². The number of benzene rings is 1. The van der Waals surface area contributed by atoms with Crippen LogP contribution in [0.2, 0.25) is 5.02 Å². The van der Waals surface area contributed by atoms with Gasteiger partial charge in [0.1, 0.15) is 5.60 Å². The van der Waals surface area contributed by atoms with E-state index in [1.54, 1.807) is 19.1 Å². The predicted octanol–water partition coefficient (Wildman–Crippen LogP) is 3.74. The topological polar surface area (TPSA) is 29.5 Å². The zero-order chi connectivity index (χ0) is 12.3. The maximum absolute atomic E-state index is 10.3. The first-order valence-corrected chi connectivity index (χ1v) is 6.29. The van der Waals surface area contributed by atoms with Crippen LogP contribution in [-0.2, 0) is 10.3 Å². The number of hydrogen-bond donors (Lipinski definition) is 1. The van der Waals surface area contributed by atoms with Gasteiger partial charge in [0, 0.05) is 15.1 Å². The Hall–Kier alpha value is -0.0900. The van der Waals surface area contributed by atoms with Gasteiger partial charge in [0.15, 0.2) is 0 Å². The first-order valence-electron chi connectivity index (χ1n) is 5.12. The molecule has 1 aromatic rings. The van der Waals surface area contributed by atoms with Crippen LogP contribution in [-0.4, -0.2) is 17.8 Å². The fourth-order valence-corrected chi connectivity index (χ4v) is 2.21. The minimum atomic E-state index is -1.07. The summed E-state index contributed by atoms with van der Waals surface area (Å²) in [7, 11) is 0. The SMILES string of the molecule is CC(C)OCC(C)(O)c1ccc(Br)cc1Cl. The van der Waals surface area contributed by atoms with E-state index in [9.17, 15) is 5.11 Å². The lowest BCUT2D eigenvalue weighted by Crippen LogP contribution is -2.29. The molecule has 0 aromatic heterocycles. The number of ether oxygens (including phenoxy) is 1. The first-order chi connectivity index (χ1) is 7.33. The van der Waals surface area contributed by atoms with Crippen molar-refractivity contribution in [1.29, 1.82) is 0 Å². The Balaban J connectivity index is 2.88. The Morgan fingerprint density at radius 2 is 2.12 bits per heavy atom. The molecule has 0 bridgehead atoms. The molecule has 0 saturated heterocycles. The molecule has 1 atom stereocenters. The zero-order valence-electron chi connectivity index (χ0n) is 9.63. The molecule has 4 heteroatoms. The zero-order valence-corrected chi connectivity index (χ0v) is 12.0.